The van der Waals surface area contributed by atoms with E-state index in [1.54, 1.807) is 6.20 Å². The van der Waals surface area contributed by atoms with Crippen LogP contribution in [0.25, 0.3) is 0 Å². The third kappa shape index (κ3) is 26.1. The molecular weight excluding hydrogens is 146 g/mol. The van der Waals surface area contributed by atoms with Crippen LogP contribution in [0.15, 0.2) is 29.4 Å². The molecule has 1 nitrogen and oxygen atoms in total. The van der Waals surface area contributed by atoms with Gasteiger partial charge in [0.15, 0.2) is 0 Å². The van der Waals surface area contributed by atoms with Crippen molar-refractivity contribution >= 4 is 18.3 Å². The van der Waals surface area contributed by atoms with Crippen molar-refractivity contribution in [1.29, 1.82) is 0 Å². The molecule has 0 aliphatic heterocycles. The van der Waals surface area contributed by atoms with Crippen molar-refractivity contribution in [3.63, 3.8) is 0 Å². The summed E-state index contributed by atoms with van der Waals surface area (Å²) in [7, 11) is 0. The van der Waals surface area contributed by atoms with Crippen LogP contribution in [0.2, 0.25) is 0 Å². The molecule has 2 heteroatoms. The standard InChI is InChI=1S/C4H7Cl.C4H7N/c1-2-3-4-5;1-3-4-5-2/h2-3H,4H2,1H3;3-4H,2H2,1H3/b3-2-;4-3-. The molecule has 0 amide bonds. The highest BCUT2D eigenvalue weighted by molar-refractivity contribution is 6.18. The fraction of sp³-hybridized carbons (Fsp3) is 0.375. The van der Waals surface area contributed by atoms with E-state index in [4.69, 9.17) is 11.6 Å². The normalized spacial score (nSPS) is 9.50. The van der Waals surface area contributed by atoms with Gasteiger partial charge < -0.3 is 0 Å². The van der Waals surface area contributed by atoms with E-state index in [1.807, 2.05) is 32.1 Å². The van der Waals surface area contributed by atoms with E-state index in [0.29, 0.717) is 5.88 Å². The van der Waals surface area contributed by atoms with Gasteiger partial charge in [-0.15, -0.1) is 11.6 Å². The Kier molecular flexibility index (Phi) is 19.2. The summed E-state index contributed by atoms with van der Waals surface area (Å²) in [6.45, 7) is 7.06. The third-order valence-electron chi connectivity index (χ3n) is 0.579. The molecule has 0 bridgehead atoms. The van der Waals surface area contributed by atoms with Gasteiger partial charge in [-0.1, -0.05) is 18.2 Å². The van der Waals surface area contributed by atoms with Crippen LogP contribution in [-0.2, 0) is 0 Å². The molecule has 0 rings (SSSR count). The number of hydrogen-bond donors (Lipinski definition) is 0. The second-order valence-electron chi connectivity index (χ2n) is 1.39. The van der Waals surface area contributed by atoms with Crippen LogP contribution in [0.5, 0.6) is 0 Å². The molecule has 58 valence electrons. The maximum atomic E-state index is 5.21. The molecule has 0 heterocycles. The fourth-order valence-corrected chi connectivity index (χ4v) is 0.373. The lowest BCUT2D eigenvalue weighted by Crippen LogP contribution is -1.50. The van der Waals surface area contributed by atoms with Gasteiger partial charge in [-0.25, -0.2) is 0 Å². The van der Waals surface area contributed by atoms with Crippen LogP contribution in [0, 0.1) is 0 Å². The number of hydrogen-bond acceptors (Lipinski definition) is 1. The van der Waals surface area contributed by atoms with Crippen molar-refractivity contribution in [3.8, 4) is 0 Å². The Morgan fingerprint density at radius 1 is 1.40 bits per heavy atom. The fourth-order valence-electron chi connectivity index (χ4n) is 0.194. The first-order chi connectivity index (χ1) is 4.83. The Bertz CT molecular complexity index is 106. The van der Waals surface area contributed by atoms with E-state index in [0.717, 1.165) is 0 Å². The first kappa shape index (κ1) is 12.1. The van der Waals surface area contributed by atoms with Crippen molar-refractivity contribution in [2.45, 2.75) is 13.8 Å². The number of halogens is 1. The Morgan fingerprint density at radius 3 is 2.00 bits per heavy atom. The second kappa shape index (κ2) is 15.8. The monoisotopic (exact) mass is 159 g/mol. The zero-order valence-electron chi connectivity index (χ0n) is 6.55. The highest BCUT2D eigenvalue weighted by Gasteiger charge is 1.54. The number of rotatable bonds is 2. The lowest BCUT2D eigenvalue weighted by molar-refractivity contribution is 1.56. The van der Waals surface area contributed by atoms with E-state index >= 15 is 0 Å². The summed E-state index contributed by atoms with van der Waals surface area (Å²) >= 11 is 5.21. The summed E-state index contributed by atoms with van der Waals surface area (Å²) < 4.78 is 0. The average Bonchev–Trinajstić information content (AvgIpc) is 1.93. The number of allylic oxidation sites excluding steroid dienone is 3. The predicted octanol–water partition coefficient (Wildman–Crippen LogP) is 3.02. The highest BCUT2D eigenvalue weighted by atomic mass is 35.5. The molecule has 10 heavy (non-hydrogen) atoms. The van der Waals surface area contributed by atoms with Crippen molar-refractivity contribution in [2.24, 2.45) is 4.99 Å². The van der Waals surface area contributed by atoms with E-state index in [1.165, 1.54) is 0 Å². The lowest BCUT2D eigenvalue weighted by atomic mass is 10.6. The molecule has 0 aromatic heterocycles. The minimum Gasteiger partial charge on any atom is -0.273 e. The molecule has 0 aromatic rings. The molecule has 0 aliphatic carbocycles. The lowest BCUT2D eigenvalue weighted by Gasteiger charge is -1.63. The molecule has 0 aromatic carbocycles. The Balaban J connectivity index is 0. The van der Waals surface area contributed by atoms with Gasteiger partial charge in [0.2, 0.25) is 0 Å². The topological polar surface area (TPSA) is 12.4 Å². The summed E-state index contributed by atoms with van der Waals surface area (Å²) in [5.74, 6) is 0.635. The summed E-state index contributed by atoms with van der Waals surface area (Å²) in [6.07, 6.45) is 7.28. The van der Waals surface area contributed by atoms with Crippen LogP contribution in [0.4, 0.5) is 0 Å². The first-order valence-electron chi connectivity index (χ1n) is 3.07. The van der Waals surface area contributed by atoms with Crippen molar-refractivity contribution in [3.05, 3.63) is 24.4 Å². The van der Waals surface area contributed by atoms with Gasteiger partial charge >= 0.3 is 0 Å². The van der Waals surface area contributed by atoms with Gasteiger partial charge in [-0.2, -0.15) is 0 Å². The molecule has 0 fully saturated rings. The summed E-state index contributed by atoms with van der Waals surface area (Å²) in [6, 6.07) is 0. The van der Waals surface area contributed by atoms with E-state index in [2.05, 4.69) is 11.7 Å². The van der Waals surface area contributed by atoms with Gasteiger partial charge in [0.05, 0.1) is 0 Å². The third-order valence-corrected chi connectivity index (χ3v) is 0.757. The predicted molar refractivity (Wildman–Crippen MR) is 49.9 cm³/mol. The minimum absolute atomic E-state index is 0.635. The van der Waals surface area contributed by atoms with Gasteiger partial charge in [-0.3, -0.25) is 4.99 Å². The van der Waals surface area contributed by atoms with Gasteiger partial charge in [0.25, 0.3) is 0 Å². The molecule has 0 unspecified atom stereocenters. The zero-order valence-corrected chi connectivity index (χ0v) is 7.30. The molecule has 0 aliphatic rings. The van der Waals surface area contributed by atoms with E-state index < -0.39 is 0 Å². The van der Waals surface area contributed by atoms with Gasteiger partial charge in [0, 0.05) is 12.1 Å². The van der Waals surface area contributed by atoms with Gasteiger partial charge in [0.1, 0.15) is 0 Å². The van der Waals surface area contributed by atoms with Gasteiger partial charge in [-0.05, 0) is 20.6 Å². The maximum Gasteiger partial charge on any atom is 0.0404 e. The Morgan fingerprint density at radius 2 is 2.00 bits per heavy atom. The average molecular weight is 160 g/mol. The quantitative estimate of drug-likeness (QED) is 0.334. The van der Waals surface area contributed by atoms with Crippen LogP contribution in [0.1, 0.15) is 13.8 Å². The molecule has 0 radical (unpaired) electrons. The second-order valence-corrected chi connectivity index (χ2v) is 1.70. The number of nitrogens with zero attached hydrogens (tertiary/aromatic N) is 1. The SMILES string of the molecule is C/C=C\CCl.C=N/C=C\C. The molecular formula is C8H14ClN. The molecule has 0 saturated heterocycles. The molecule has 0 N–H and O–H groups in total. The van der Waals surface area contributed by atoms with Crippen molar-refractivity contribution in [2.75, 3.05) is 5.88 Å². The van der Waals surface area contributed by atoms with Crippen LogP contribution in [0.3, 0.4) is 0 Å². The molecule has 0 atom stereocenters. The Labute approximate surface area is 68.1 Å². The van der Waals surface area contributed by atoms with Crippen LogP contribution in [-0.4, -0.2) is 12.6 Å². The van der Waals surface area contributed by atoms with Crippen molar-refractivity contribution in [1.82, 2.24) is 0 Å². The first-order valence-corrected chi connectivity index (χ1v) is 3.61. The highest BCUT2D eigenvalue weighted by Crippen LogP contribution is 1.73. The van der Waals surface area contributed by atoms with Crippen molar-refractivity contribution < 1.29 is 0 Å². The Hall–Kier alpha value is -0.560. The smallest absolute Gasteiger partial charge is 0.0404 e. The van der Waals surface area contributed by atoms with E-state index in [-0.39, 0.29) is 0 Å². The van der Waals surface area contributed by atoms with Crippen LogP contribution >= 0.6 is 11.6 Å². The van der Waals surface area contributed by atoms with E-state index in [9.17, 15) is 0 Å². The number of alkyl halides is 1. The molecule has 0 saturated carbocycles. The minimum atomic E-state index is 0.635. The maximum absolute atomic E-state index is 5.21. The summed E-state index contributed by atoms with van der Waals surface area (Å²) in [5.41, 5.74) is 0. The summed E-state index contributed by atoms with van der Waals surface area (Å²) in [4.78, 5) is 3.42. The van der Waals surface area contributed by atoms with Crippen LogP contribution < -0.4 is 0 Å². The molecule has 0 spiro atoms. The largest absolute Gasteiger partial charge is 0.273 e. The summed E-state index contributed by atoms with van der Waals surface area (Å²) in [5, 5.41) is 0. The zero-order chi connectivity index (χ0) is 8.24. The number of aliphatic imine (C=N–C) groups is 1.